The van der Waals surface area contributed by atoms with E-state index in [-0.39, 0.29) is 0 Å². The number of aryl methyl sites for hydroxylation is 1. The second kappa shape index (κ2) is 7.92. The molecule has 0 bridgehead atoms. The van der Waals surface area contributed by atoms with E-state index in [1.807, 2.05) is 45.9 Å². The molecule has 2 aromatic heterocycles. The van der Waals surface area contributed by atoms with E-state index in [0.717, 1.165) is 23.6 Å². The summed E-state index contributed by atoms with van der Waals surface area (Å²) in [5.74, 6) is 0.801. The van der Waals surface area contributed by atoms with Crippen molar-refractivity contribution in [2.24, 2.45) is 0 Å². The third kappa shape index (κ3) is 4.11. The molecule has 0 saturated carbocycles. The summed E-state index contributed by atoms with van der Waals surface area (Å²) >= 11 is 5.44. The first kappa shape index (κ1) is 18.3. The molecule has 0 aliphatic heterocycles. The Morgan fingerprint density at radius 1 is 1.07 bits per heavy atom. The van der Waals surface area contributed by atoms with E-state index in [0.29, 0.717) is 11.4 Å². The SMILES string of the molecule is Cc1ccc(-c2nc(=S)n(C[NH+](C)Cc3cnn(-c4ccccc4)c3)[nH]2)cc1. The summed E-state index contributed by atoms with van der Waals surface area (Å²) in [6, 6.07) is 18.4. The van der Waals surface area contributed by atoms with E-state index in [2.05, 4.69) is 59.6 Å². The maximum absolute atomic E-state index is 5.44. The lowest BCUT2D eigenvalue weighted by Gasteiger charge is -2.13. The normalized spacial score (nSPS) is 12.2. The zero-order valence-corrected chi connectivity index (χ0v) is 16.8. The molecule has 0 amide bonds. The summed E-state index contributed by atoms with van der Waals surface area (Å²) < 4.78 is 4.39. The van der Waals surface area contributed by atoms with Crippen molar-refractivity contribution in [3.05, 3.63) is 82.9 Å². The van der Waals surface area contributed by atoms with Crippen LogP contribution in [-0.2, 0) is 13.2 Å². The number of aromatic nitrogens is 5. The van der Waals surface area contributed by atoms with E-state index in [4.69, 9.17) is 12.2 Å². The van der Waals surface area contributed by atoms with Crippen LogP contribution in [0.5, 0.6) is 0 Å². The molecular weight excluding hydrogens is 368 g/mol. The zero-order chi connectivity index (χ0) is 19.5. The monoisotopic (exact) mass is 391 g/mol. The van der Waals surface area contributed by atoms with Crippen molar-refractivity contribution >= 4 is 12.2 Å². The molecule has 6 nitrogen and oxygen atoms in total. The molecule has 4 rings (SSSR count). The van der Waals surface area contributed by atoms with Crippen LogP contribution in [0, 0.1) is 11.7 Å². The highest BCUT2D eigenvalue weighted by atomic mass is 32.1. The van der Waals surface area contributed by atoms with Crippen LogP contribution in [0.3, 0.4) is 0 Å². The standard InChI is InChI=1S/C21H22N6S/c1-16-8-10-18(11-9-16)20-23-21(28)27(24-20)15-25(2)13-17-12-22-26(14-17)19-6-4-3-5-7-19/h3-12,14H,13,15H2,1-2H3,(H,23,24,28)/p+1. The van der Waals surface area contributed by atoms with Gasteiger partial charge in [-0.05, 0) is 31.3 Å². The van der Waals surface area contributed by atoms with Crippen LogP contribution in [0.1, 0.15) is 11.1 Å². The molecule has 1 unspecified atom stereocenters. The van der Waals surface area contributed by atoms with Crippen LogP contribution in [0.4, 0.5) is 0 Å². The summed E-state index contributed by atoms with van der Waals surface area (Å²) in [5, 5.41) is 7.80. The Labute approximate surface area is 169 Å². The molecule has 2 aromatic carbocycles. The first-order valence-electron chi connectivity index (χ1n) is 9.22. The van der Waals surface area contributed by atoms with Gasteiger partial charge in [-0.2, -0.15) is 10.1 Å². The van der Waals surface area contributed by atoms with Crippen LogP contribution in [-0.4, -0.2) is 31.6 Å². The van der Waals surface area contributed by atoms with Crippen molar-refractivity contribution in [1.82, 2.24) is 24.5 Å². The zero-order valence-electron chi connectivity index (χ0n) is 16.0. The number of nitrogens with one attached hydrogen (secondary N) is 2. The number of hydrogen-bond donors (Lipinski definition) is 2. The number of benzene rings is 2. The van der Waals surface area contributed by atoms with Gasteiger partial charge in [0, 0.05) is 17.3 Å². The fraction of sp³-hybridized carbons (Fsp3) is 0.190. The second-order valence-corrected chi connectivity index (χ2v) is 7.43. The van der Waals surface area contributed by atoms with Gasteiger partial charge < -0.3 is 4.90 Å². The maximum atomic E-state index is 5.44. The Kier molecular flexibility index (Phi) is 5.18. The van der Waals surface area contributed by atoms with Gasteiger partial charge in [-0.3, -0.25) is 5.10 Å². The first-order valence-corrected chi connectivity index (χ1v) is 9.63. The molecule has 0 saturated heterocycles. The minimum absolute atomic E-state index is 0.565. The van der Waals surface area contributed by atoms with Crippen molar-refractivity contribution in [3.63, 3.8) is 0 Å². The van der Waals surface area contributed by atoms with Crippen molar-refractivity contribution in [3.8, 4) is 17.1 Å². The molecule has 0 radical (unpaired) electrons. The van der Waals surface area contributed by atoms with Crippen LogP contribution in [0.15, 0.2) is 67.0 Å². The third-order valence-electron chi connectivity index (χ3n) is 4.59. The van der Waals surface area contributed by atoms with E-state index >= 15 is 0 Å². The Balaban J connectivity index is 1.44. The second-order valence-electron chi connectivity index (χ2n) is 7.07. The molecule has 2 heterocycles. The van der Waals surface area contributed by atoms with Gasteiger partial charge in [0.1, 0.15) is 6.54 Å². The molecule has 1 atom stereocenters. The molecule has 0 spiro atoms. The van der Waals surface area contributed by atoms with Crippen LogP contribution in [0.2, 0.25) is 0 Å². The number of nitrogens with zero attached hydrogens (tertiary/aromatic N) is 4. The predicted molar refractivity (Wildman–Crippen MR) is 112 cm³/mol. The highest BCUT2D eigenvalue weighted by Crippen LogP contribution is 2.15. The average Bonchev–Trinajstić information content (AvgIpc) is 3.30. The topological polar surface area (TPSA) is 55.9 Å². The number of rotatable bonds is 6. The average molecular weight is 392 g/mol. The number of para-hydroxylation sites is 1. The van der Waals surface area contributed by atoms with E-state index in [1.54, 1.807) is 0 Å². The van der Waals surface area contributed by atoms with E-state index in [9.17, 15) is 0 Å². The van der Waals surface area contributed by atoms with Crippen molar-refractivity contribution in [1.29, 1.82) is 0 Å². The van der Waals surface area contributed by atoms with E-state index in [1.165, 1.54) is 16.0 Å². The highest BCUT2D eigenvalue weighted by Gasteiger charge is 2.11. The molecule has 142 valence electrons. The van der Waals surface area contributed by atoms with Crippen LogP contribution in [0.25, 0.3) is 17.1 Å². The van der Waals surface area contributed by atoms with Gasteiger partial charge in [0.25, 0.3) is 0 Å². The molecule has 2 N–H and O–H groups in total. The number of quaternary nitrogens is 1. The fourth-order valence-electron chi connectivity index (χ4n) is 3.15. The van der Waals surface area contributed by atoms with Gasteiger partial charge in [0.15, 0.2) is 12.5 Å². The van der Waals surface area contributed by atoms with Gasteiger partial charge in [-0.1, -0.05) is 48.0 Å². The summed E-state index contributed by atoms with van der Waals surface area (Å²) in [7, 11) is 2.13. The summed E-state index contributed by atoms with van der Waals surface area (Å²) in [6.07, 6.45) is 3.99. The molecule has 0 aliphatic rings. The van der Waals surface area contributed by atoms with Gasteiger partial charge >= 0.3 is 0 Å². The minimum Gasteiger partial charge on any atom is -0.315 e. The Morgan fingerprint density at radius 3 is 2.57 bits per heavy atom. The first-order chi connectivity index (χ1) is 13.6. The van der Waals surface area contributed by atoms with Gasteiger partial charge in [-0.15, -0.1) is 0 Å². The summed E-state index contributed by atoms with van der Waals surface area (Å²) in [4.78, 5) is 5.79. The minimum atomic E-state index is 0.565. The summed E-state index contributed by atoms with van der Waals surface area (Å²) in [5.41, 5.74) is 4.50. The van der Waals surface area contributed by atoms with Crippen molar-refractivity contribution in [2.75, 3.05) is 7.05 Å². The smallest absolute Gasteiger partial charge is 0.221 e. The Bertz CT molecular complexity index is 1110. The summed E-state index contributed by atoms with van der Waals surface area (Å²) in [6.45, 7) is 3.62. The molecule has 7 heteroatoms. The van der Waals surface area contributed by atoms with Crippen molar-refractivity contribution in [2.45, 2.75) is 20.1 Å². The van der Waals surface area contributed by atoms with Crippen LogP contribution >= 0.6 is 12.2 Å². The lowest BCUT2D eigenvalue weighted by molar-refractivity contribution is -0.917. The molecular formula is C21H23N6S+. The van der Waals surface area contributed by atoms with Gasteiger partial charge in [-0.25, -0.2) is 9.36 Å². The van der Waals surface area contributed by atoms with Gasteiger partial charge in [0.05, 0.1) is 18.9 Å². The molecule has 4 aromatic rings. The lowest BCUT2D eigenvalue weighted by Crippen LogP contribution is -3.07. The van der Waals surface area contributed by atoms with Crippen molar-refractivity contribution < 1.29 is 4.90 Å². The molecule has 0 fully saturated rings. The fourth-order valence-corrected chi connectivity index (χ4v) is 3.35. The van der Waals surface area contributed by atoms with E-state index < -0.39 is 0 Å². The predicted octanol–water partition coefficient (Wildman–Crippen LogP) is 2.77. The number of H-pyrrole nitrogens is 1. The molecule has 28 heavy (non-hydrogen) atoms. The van der Waals surface area contributed by atoms with Gasteiger partial charge in [0.2, 0.25) is 4.77 Å². The number of aromatic amines is 1. The Morgan fingerprint density at radius 2 is 1.82 bits per heavy atom. The van der Waals surface area contributed by atoms with Crippen LogP contribution < -0.4 is 4.90 Å². The molecule has 0 aliphatic carbocycles. The maximum Gasteiger partial charge on any atom is 0.221 e. The third-order valence-corrected chi connectivity index (χ3v) is 4.91. The Hall–Kier alpha value is -3.03. The number of hydrogen-bond acceptors (Lipinski definition) is 3. The highest BCUT2D eigenvalue weighted by molar-refractivity contribution is 7.71. The largest absolute Gasteiger partial charge is 0.315 e. The lowest BCUT2D eigenvalue weighted by atomic mass is 10.1. The quantitative estimate of drug-likeness (QED) is 0.497.